The molecule has 1 heterocycles. The number of hydrogen-bond acceptors (Lipinski definition) is 1. The summed E-state index contributed by atoms with van der Waals surface area (Å²) in [6.07, 6.45) is 3.95. The van der Waals surface area contributed by atoms with E-state index in [0.29, 0.717) is 0 Å². The maximum absolute atomic E-state index is 4.58. The molecule has 0 aliphatic heterocycles. The topological polar surface area (TPSA) is 12.9 Å². The lowest BCUT2D eigenvalue weighted by Crippen LogP contribution is -1.92. The van der Waals surface area contributed by atoms with Crippen LogP contribution in [0.15, 0.2) is 128 Å². The number of rotatable bonds is 2. The minimum absolute atomic E-state index is 1.18. The average Bonchev–Trinajstić information content (AvgIpc) is 2.91. The van der Waals surface area contributed by atoms with Crippen molar-refractivity contribution in [3.8, 4) is 22.3 Å². The SMILES string of the molecule is c1ccc2c(-c3c4ccccc4c(-c4cccc5ccccc45)c4cnccc34)cccc2c1. The van der Waals surface area contributed by atoms with Crippen molar-refractivity contribution >= 4 is 43.1 Å². The first-order valence-electron chi connectivity index (χ1n) is 11.6. The van der Waals surface area contributed by atoms with Crippen LogP contribution in [0.3, 0.4) is 0 Å². The first-order chi connectivity index (χ1) is 16.9. The number of pyridine rings is 1. The van der Waals surface area contributed by atoms with Crippen LogP contribution in [0.1, 0.15) is 0 Å². The smallest absolute Gasteiger partial charge is 0.0353 e. The summed E-state index contributed by atoms with van der Waals surface area (Å²) in [4.78, 5) is 4.58. The third kappa shape index (κ3) is 2.77. The van der Waals surface area contributed by atoms with Gasteiger partial charge < -0.3 is 0 Å². The number of benzene rings is 6. The number of fused-ring (bicyclic) bond motifs is 4. The van der Waals surface area contributed by atoms with Crippen molar-refractivity contribution in [1.82, 2.24) is 4.98 Å². The van der Waals surface area contributed by atoms with Gasteiger partial charge in [0.15, 0.2) is 0 Å². The molecule has 0 atom stereocenters. The van der Waals surface area contributed by atoms with Crippen molar-refractivity contribution in [2.24, 2.45) is 0 Å². The lowest BCUT2D eigenvalue weighted by atomic mass is 9.84. The van der Waals surface area contributed by atoms with Crippen molar-refractivity contribution in [1.29, 1.82) is 0 Å². The van der Waals surface area contributed by atoms with Crippen LogP contribution in [-0.4, -0.2) is 4.98 Å². The largest absolute Gasteiger partial charge is 0.264 e. The lowest BCUT2D eigenvalue weighted by molar-refractivity contribution is 1.37. The molecule has 7 rings (SSSR count). The second-order valence-electron chi connectivity index (χ2n) is 8.77. The van der Waals surface area contributed by atoms with E-state index >= 15 is 0 Å². The standard InChI is InChI=1S/C33H21N/c1-3-13-24-22(9-1)11-7-17-26(24)32-28-15-5-6-16-29(28)33(31-21-34-20-19-30(31)32)27-18-8-12-23-10-2-4-14-25(23)27/h1-21H. The van der Waals surface area contributed by atoms with Crippen LogP contribution in [0.4, 0.5) is 0 Å². The second kappa shape index (κ2) is 7.54. The summed E-state index contributed by atoms with van der Waals surface area (Å²) in [5.74, 6) is 0. The quantitative estimate of drug-likeness (QED) is 0.249. The van der Waals surface area contributed by atoms with Crippen molar-refractivity contribution in [2.75, 3.05) is 0 Å². The van der Waals surface area contributed by atoms with Crippen LogP contribution in [0.2, 0.25) is 0 Å². The summed E-state index contributed by atoms with van der Waals surface area (Å²) in [5, 5.41) is 9.96. The Bertz CT molecular complexity index is 1660. The Morgan fingerprint density at radius 3 is 1.38 bits per heavy atom. The summed E-state index contributed by atoms with van der Waals surface area (Å²) in [7, 11) is 0. The van der Waals surface area contributed by atoms with Crippen LogP contribution in [0.5, 0.6) is 0 Å². The molecular weight excluding hydrogens is 410 g/mol. The van der Waals surface area contributed by atoms with Crippen LogP contribution in [-0.2, 0) is 0 Å². The first kappa shape index (κ1) is 19.0. The van der Waals surface area contributed by atoms with Crippen LogP contribution >= 0.6 is 0 Å². The molecule has 158 valence electrons. The molecule has 6 aromatic carbocycles. The van der Waals surface area contributed by atoms with E-state index in [4.69, 9.17) is 0 Å². The lowest BCUT2D eigenvalue weighted by Gasteiger charge is -2.19. The molecule has 0 saturated carbocycles. The molecule has 0 aliphatic carbocycles. The predicted molar refractivity (Wildman–Crippen MR) is 145 cm³/mol. The van der Waals surface area contributed by atoms with Crippen molar-refractivity contribution < 1.29 is 0 Å². The van der Waals surface area contributed by atoms with Gasteiger partial charge in [-0.25, -0.2) is 0 Å². The highest BCUT2D eigenvalue weighted by Crippen LogP contribution is 2.46. The van der Waals surface area contributed by atoms with E-state index in [-0.39, 0.29) is 0 Å². The van der Waals surface area contributed by atoms with Gasteiger partial charge in [-0.2, -0.15) is 0 Å². The van der Waals surface area contributed by atoms with Gasteiger partial charge in [0.25, 0.3) is 0 Å². The molecule has 1 nitrogen and oxygen atoms in total. The summed E-state index contributed by atoms with van der Waals surface area (Å²) >= 11 is 0. The fourth-order valence-electron chi connectivity index (χ4n) is 5.49. The summed E-state index contributed by atoms with van der Waals surface area (Å²) in [5.41, 5.74) is 5.03. The van der Waals surface area contributed by atoms with Crippen molar-refractivity contribution in [2.45, 2.75) is 0 Å². The number of hydrogen-bond donors (Lipinski definition) is 0. The second-order valence-corrected chi connectivity index (χ2v) is 8.77. The molecule has 0 N–H and O–H groups in total. The number of aromatic nitrogens is 1. The van der Waals surface area contributed by atoms with Crippen molar-refractivity contribution in [3.63, 3.8) is 0 Å². The maximum Gasteiger partial charge on any atom is 0.0353 e. The zero-order valence-corrected chi connectivity index (χ0v) is 18.6. The minimum Gasteiger partial charge on any atom is -0.264 e. The minimum atomic E-state index is 1.18. The molecule has 1 aromatic heterocycles. The van der Waals surface area contributed by atoms with E-state index in [0.717, 1.165) is 0 Å². The molecule has 34 heavy (non-hydrogen) atoms. The van der Waals surface area contributed by atoms with Gasteiger partial charge in [-0.1, -0.05) is 109 Å². The molecule has 0 spiro atoms. The van der Waals surface area contributed by atoms with Gasteiger partial charge in [0.05, 0.1) is 0 Å². The van der Waals surface area contributed by atoms with Crippen molar-refractivity contribution in [3.05, 3.63) is 128 Å². The van der Waals surface area contributed by atoms with Gasteiger partial charge in [0, 0.05) is 17.8 Å². The third-order valence-electron chi connectivity index (χ3n) is 6.94. The molecule has 0 aliphatic rings. The van der Waals surface area contributed by atoms with Gasteiger partial charge in [0.1, 0.15) is 0 Å². The molecule has 1 heteroatoms. The Morgan fingerprint density at radius 1 is 0.353 bits per heavy atom. The Balaban J connectivity index is 1.70. The molecule has 0 amide bonds. The Hall–Kier alpha value is -4.49. The van der Waals surface area contributed by atoms with E-state index in [2.05, 4.69) is 120 Å². The predicted octanol–water partition coefficient (Wildman–Crippen LogP) is 9.03. The highest BCUT2D eigenvalue weighted by atomic mass is 14.6. The Labute approximate surface area is 197 Å². The zero-order chi connectivity index (χ0) is 22.5. The van der Waals surface area contributed by atoms with Gasteiger partial charge in [-0.15, -0.1) is 0 Å². The fraction of sp³-hybridized carbons (Fsp3) is 0. The summed E-state index contributed by atoms with van der Waals surface area (Å²) in [6.45, 7) is 0. The van der Waals surface area contributed by atoms with E-state index in [1.165, 1.54) is 65.3 Å². The van der Waals surface area contributed by atoms with Gasteiger partial charge in [-0.3, -0.25) is 4.98 Å². The zero-order valence-electron chi connectivity index (χ0n) is 18.6. The molecule has 0 radical (unpaired) electrons. The first-order valence-corrected chi connectivity index (χ1v) is 11.6. The average molecular weight is 432 g/mol. The van der Waals surface area contributed by atoms with E-state index in [9.17, 15) is 0 Å². The van der Waals surface area contributed by atoms with E-state index < -0.39 is 0 Å². The summed E-state index contributed by atoms with van der Waals surface area (Å²) in [6, 6.07) is 41.5. The van der Waals surface area contributed by atoms with Gasteiger partial charge in [0.2, 0.25) is 0 Å². The van der Waals surface area contributed by atoms with Crippen LogP contribution in [0, 0.1) is 0 Å². The van der Waals surface area contributed by atoms with E-state index in [1.807, 2.05) is 12.4 Å². The van der Waals surface area contributed by atoms with Gasteiger partial charge >= 0.3 is 0 Å². The molecule has 0 bridgehead atoms. The maximum atomic E-state index is 4.58. The Kier molecular flexibility index (Phi) is 4.22. The monoisotopic (exact) mass is 431 g/mol. The van der Waals surface area contributed by atoms with Crippen LogP contribution < -0.4 is 0 Å². The number of nitrogens with zero attached hydrogens (tertiary/aromatic N) is 1. The third-order valence-corrected chi connectivity index (χ3v) is 6.94. The Morgan fingerprint density at radius 2 is 0.794 bits per heavy atom. The molecule has 7 aromatic rings. The molecular formula is C33H21N. The molecule has 0 saturated heterocycles. The van der Waals surface area contributed by atoms with E-state index in [1.54, 1.807) is 0 Å². The molecule has 0 unspecified atom stereocenters. The fourth-order valence-corrected chi connectivity index (χ4v) is 5.49. The van der Waals surface area contributed by atoms with Gasteiger partial charge in [-0.05, 0) is 66.0 Å². The highest BCUT2D eigenvalue weighted by Gasteiger charge is 2.18. The highest BCUT2D eigenvalue weighted by molar-refractivity contribution is 6.25. The van der Waals surface area contributed by atoms with Crippen LogP contribution in [0.25, 0.3) is 65.3 Å². The normalized spacial score (nSPS) is 11.5. The summed E-state index contributed by atoms with van der Waals surface area (Å²) < 4.78 is 0. The molecule has 0 fully saturated rings.